The van der Waals surface area contributed by atoms with Crippen molar-refractivity contribution in [2.45, 2.75) is 20.3 Å². The molecule has 0 spiro atoms. The minimum atomic E-state index is -0.154. The quantitative estimate of drug-likeness (QED) is 0.533. The second-order valence-electron chi connectivity index (χ2n) is 8.69. The van der Waals surface area contributed by atoms with Gasteiger partial charge in [-0.05, 0) is 31.5 Å². The van der Waals surface area contributed by atoms with Crippen LogP contribution in [0.15, 0.2) is 42.5 Å². The van der Waals surface area contributed by atoms with E-state index in [2.05, 4.69) is 27.3 Å². The van der Waals surface area contributed by atoms with Crippen molar-refractivity contribution in [3.63, 3.8) is 0 Å². The summed E-state index contributed by atoms with van der Waals surface area (Å²) in [6.45, 7) is 6.47. The zero-order valence-corrected chi connectivity index (χ0v) is 21.5. The van der Waals surface area contributed by atoms with Crippen LogP contribution in [0.3, 0.4) is 0 Å². The highest BCUT2D eigenvalue weighted by Gasteiger charge is 2.25. The van der Waals surface area contributed by atoms with Crippen LogP contribution in [0.25, 0.3) is 0 Å². The molecule has 1 aliphatic heterocycles. The Hall–Kier alpha value is -4.01. The van der Waals surface area contributed by atoms with Gasteiger partial charge in [0.2, 0.25) is 0 Å². The first kappa shape index (κ1) is 25.1. The van der Waals surface area contributed by atoms with Gasteiger partial charge in [-0.2, -0.15) is 0 Å². The van der Waals surface area contributed by atoms with Crippen molar-refractivity contribution in [1.82, 2.24) is 14.9 Å². The maximum Gasteiger partial charge on any atom is 0.321 e. The number of nitrogens with one attached hydrogen (secondary N) is 1. The number of anilines is 2. The molecule has 1 saturated heterocycles. The summed E-state index contributed by atoms with van der Waals surface area (Å²) in [7, 11) is 4.83. The van der Waals surface area contributed by atoms with Crippen molar-refractivity contribution < 1.29 is 19.0 Å². The lowest BCUT2D eigenvalue weighted by Crippen LogP contribution is -2.50. The van der Waals surface area contributed by atoms with E-state index in [1.165, 1.54) is 5.56 Å². The predicted octanol–water partition coefficient (Wildman–Crippen LogP) is 4.06. The van der Waals surface area contributed by atoms with Gasteiger partial charge in [0, 0.05) is 67.7 Å². The maximum absolute atomic E-state index is 13.0. The number of piperazine rings is 1. The van der Waals surface area contributed by atoms with Crippen molar-refractivity contribution in [2.75, 3.05) is 57.7 Å². The fraction of sp³-hybridized carbons (Fsp3) is 0.370. The highest BCUT2D eigenvalue weighted by Crippen LogP contribution is 2.28. The molecule has 9 heteroatoms. The van der Waals surface area contributed by atoms with Gasteiger partial charge >= 0.3 is 6.03 Å². The monoisotopic (exact) mass is 491 g/mol. The highest BCUT2D eigenvalue weighted by molar-refractivity contribution is 5.90. The lowest BCUT2D eigenvalue weighted by atomic mass is 10.0. The first-order valence-corrected chi connectivity index (χ1v) is 11.9. The molecule has 0 radical (unpaired) electrons. The number of amides is 2. The van der Waals surface area contributed by atoms with Gasteiger partial charge in [0.15, 0.2) is 0 Å². The third-order valence-corrected chi connectivity index (χ3v) is 6.31. The Morgan fingerprint density at radius 3 is 2.06 bits per heavy atom. The summed E-state index contributed by atoms with van der Waals surface area (Å²) in [5.74, 6) is 3.75. The van der Waals surface area contributed by atoms with Crippen LogP contribution in [0.4, 0.5) is 16.3 Å². The van der Waals surface area contributed by atoms with Gasteiger partial charge in [-0.15, -0.1) is 0 Å². The summed E-state index contributed by atoms with van der Waals surface area (Å²) in [6, 6.07) is 13.2. The van der Waals surface area contributed by atoms with E-state index in [0.29, 0.717) is 43.4 Å². The van der Waals surface area contributed by atoms with Gasteiger partial charge in [-0.3, -0.25) is 0 Å². The molecule has 190 valence electrons. The molecular weight excluding hydrogens is 458 g/mol. The molecule has 1 fully saturated rings. The van der Waals surface area contributed by atoms with Crippen LogP contribution in [0.5, 0.6) is 17.2 Å². The molecule has 36 heavy (non-hydrogen) atoms. The molecular formula is C27H33N5O4. The van der Waals surface area contributed by atoms with Crippen LogP contribution < -0.4 is 24.4 Å². The first-order chi connectivity index (χ1) is 17.4. The van der Waals surface area contributed by atoms with Crippen LogP contribution in [-0.2, 0) is 6.42 Å². The van der Waals surface area contributed by atoms with E-state index in [-0.39, 0.29) is 6.03 Å². The molecule has 2 aromatic carbocycles. The van der Waals surface area contributed by atoms with Gasteiger partial charge in [0.05, 0.1) is 21.3 Å². The minimum absolute atomic E-state index is 0.154. The number of aryl methyl sites for hydroxylation is 2. The Morgan fingerprint density at radius 1 is 0.861 bits per heavy atom. The fourth-order valence-corrected chi connectivity index (χ4v) is 4.34. The third kappa shape index (κ3) is 5.79. The molecule has 0 saturated carbocycles. The zero-order valence-electron chi connectivity index (χ0n) is 21.5. The van der Waals surface area contributed by atoms with Crippen LogP contribution in [0, 0.1) is 13.8 Å². The fourth-order valence-electron chi connectivity index (χ4n) is 4.34. The molecule has 2 amide bonds. The summed E-state index contributed by atoms with van der Waals surface area (Å²) >= 11 is 0. The summed E-state index contributed by atoms with van der Waals surface area (Å²) in [4.78, 5) is 26.4. The van der Waals surface area contributed by atoms with Crippen LogP contribution >= 0.6 is 0 Å². The average Bonchev–Trinajstić information content (AvgIpc) is 2.90. The van der Waals surface area contributed by atoms with Crippen molar-refractivity contribution in [3.05, 3.63) is 65.1 Å². The number of hydrogen-bond acceptors (Lipinski definition) is 7. The number of nitrogens with zero attached hydrogens (tertiary/aromatic N) is 4. The van der Waals surface area contributed by atoms with Crippen molar-refractivity contribution in [3.8, 4) is 17.2 Å². The second-order valence-corrected chi connectivity index (χ2v) is 8.69. The van der Waals surface area contributed by atoms with Gasteiger partial charge in [-0.1, -0.05) is 12.1 Å². The molecule has 0 atom stereocenters. The second kappa shape index (κ2) is 11.2. The number of ether oxygens (including phenoxy) is 3. The van der Waals surface area contributed by atoms with Crippen LogP contribution in [-0.4, -0.2) is 68.4 Å². The van der Waals surface area contributed by atoms with Crippen molar-refractivity contribution >= 4 is 17.5 Å². The summed E-state index contributed by atoms with van der Waals surface area (Å²) < 4.78 is 15.9. The topological polar surface area (TPSA) is 89.1 Å². The van der Waals surface area contributed by atoms with Gasteiger partial charge in [0.25, 0.3) is 0 Å². The van der Waals surface area contributed by atoms with E-state index in [1.807, 2.05) is 30.9 Å². The van der Waals surface area contributed by atoms with E-state index in [1.54, 1.807) is 39.5 Å². The lowest BCUT2D eigenvalue weighted by molar-refractivity contribution is 0.208. The zero-order chi connectivity index (χ0) is 25.7. The highest BCUT2D eigenvalue weighted by atomic mass is 16.5. The Labute approximate surface area is 212 Å². The van der Waals surface area contributed by atoms with Crippen LogP contribution in [0.2, 0.25) is 0 Å². The number of carbonyl (C=O) groups excluding carboxylic acids is 1. The van der Waals surface area contributed by atoms with E-state index >= 15 is 0 Å². The SMILES string of the molecule is COc1ccc(Cc2c(C)nc(C)nc2N2CCN(C(=O)Nc3cc(OC)cc(OC)c3)CC2)cc1. The molecule has 0 bridgehead atoms. The smallest absolute Gasteiger partial charge is 0.321 e. The number of urea groups is 1. The Kier molecular flexibility index (Phi) is 7.77. The average molecular weight is 492 g/mol. The number of rotatable bonds is 7. The first-order valence-electron chi connectivity index (χ1n) is 11.9. The predicted molar refractivity (Wildman–Crippen MR) is 140 cm³/mol. The molecule has 4 rings (SSSR count). The number of carbonyl (C=O) groups is 1. The van der Waals surface area contributed by atoms with E-state index in [9.17, 15) is 4.79 Å². The van der Waals surface area contributed by atoms with Gasteiger partial charge in [-0.25, -0.2) is 14.8 Å². The van der Waals surface area contributed by atoms with Gasteiger partial charge in [0.1, 0.15) is 28.9 Å². The normalized spacial score (nSPS) is 13.4. The molecule has 1 aliphatic rings. The standard InChI is InChI=1S/C27H33N5O4/c1-18-25(14-20-6-8-22(34-3)9-7-20)26(29-19(2)28-18)31-10-12-32(13-11-31)27(33)30-21-15-23(35-4)17-24(16-21)36-5/h6-9,15-17H,10-14H2,1-5H3,(H,30,33). The van der Waals surface area contributed by atoms with Crippen molar-refractivity contribution in [2.24, 2.45) is 0 Å². The number of aromatic nitrogens is 2. The maximum atomic E-state index is 13.0. The third-order valence-electron chi connectivity index (χ3n) is 6.31. The minimum Gasteiger partial charge on any atom is -0.497 e. The Balaban J connectivity index is 1.45. The molecule has 1 N–H and O–H groups in total. The molecule has 1 aromatic heterocycles. The van der Waals surface area contributed by atoms with E-state index < -0.39 is 0 Å². The summed E-state index contributed by atoms with van der Waals surface area (Å²) in [6.07, 6.45) is 0.726. The Bertz CT molecular complexity index is 1190. The summed E-state index contributed by atoms with van der Waals surface area (Å²) in [5, 5.41) is 2.96. The molecule has 0 aliphatic carbocycles. The molecule has 0 unspecified atom stereocenters. The van der Waals surface area contributed by atoms with E-state index in [4.69, 9.17) is 19.2 Å². The van der Waals surface area contributed by atoms with Crippen LogP contribution in [0.1, 0.15) is 22.6 Å². The largest absolute Gasteiger partial charge is 0.497 e. The number of benzene rings is 2. The molecule has 2 heterocycles. The summed E-state index contributed by atoms with van der Waals surface area (Å²) in [5.41, 5.74) is 3.87. The van der Waals surface area contributed by atoms with Gasteiger partial charge < -0.3 is 29.3 Å². The van der Waals surface area contributed by atoms with E-state index in [0.717, 1.165) is 35.1 Å². The van der Waals surface area contributed by atoms with Crippen molar-refractivity contribution in [1.29, 1.82) is 0 Å². The lowest BCUT2D eigenvalue weighted by Gasteiger charge is -2.36. The number of hydrogen-bond donors (Lipinski definition) is 1. The number of methoxy groups -OCH3 is 3. The molecule has 9 nitrogen and oxygen atoms in total. The molecule has 3 aromatic rings. The Morgan fingerprint density at radius 2 is 1.47 bits per heavy atom.